The van der Waals surface area contributed by atoms with Gasteiger partial charge in [0.2, 0.25) is 0 Å². The fourth-order valence-electron chi connectivity index (χ4n) is 5.36. The maximum absolute atomic E-state index is 13.5. The van der Waals surface area contributed by atoms with Crippen molar-refractivity contribution >= 4 is 17.4 Å². The Morgan fingerprint density at radius 3 is 2.43 bits per heavy atom. The molecule has 6 nitrogen and oxygen atoms in total. The average Bonchev–Trinajstić information content (AvgIpc) is 3.18. The Morgan fingerprint density at radius 2 is 1.70 bits per heavy atom. The topological polar surface area (TPSA) is 76.1 Å². The number of hydrogen-bond acceptors (Lipinski definition) is 5. The molecule has 0 bridgehead atoms. The fraction of sp³-hybridized carbons (Fsp3) is 0.290. The zero-order chi connectivity index (χ0) is 25.9. The summed E-state index contributed by atoms with van der Waals surface area (Å²) < 4.78 is 11.1. The van der Waals surface area contributed by atoms with Crippen LogP contribution >= 0.6 is 0 Å². The van der Waals surface area contributed by atoms with Gasteiger partial charge in [-0.05, 0) is 73.6 Å². The van der Waals surface area contributed by atoms with Gasteiger partial charge in [0.15, 0.2) is 0 Å². The number of aliphatic hydroxyl groups is 1. The number of nitrogens with zero attached hydrogens (tertiary/aromatic N) is 1. The van der Waals surface area contributed by atoms with E-state index in [1.807, 2.05) is 73.7 Å². The highest BCUT2D eigenvalue weighted by Gasteiger charge is 2.46. The van der Waals surface area contributed by atoms with Crippen molar-refractivity contribution in [2.75, 3.05) is 13.7 Å². The average molecular weight is 498 g/mol. The lowest BCUT2D eigenvalue weighted by molar-refractivity contribution is -0.140. The Kier molecular flexibility index (Phi) is 6.99. The van der Waals surface area contributed by atoms with Crippen LogP contribution in [0.3, 0.4) is 0 Å². The van der Waals surface area contributed by atoms with E-state index in [0.29, 0.717) is 23.7 Å². The molecule has 1 aliphatic heterocycles. The zero-order valence-corrected chi connectivity index (χ0v) is 21.2. The van der Waals surface area contributed by atoms with Crippen molar-refractivity contribution in [3.63, 3.8) is 0 Å². The number of likely N-dealkylation sites (tertiary alicyclic amines) is 1. The van der Waals surface area contributed by atoms with Gasteiger partial charge in [-0.3, -0.25) is 9.59 Å². The predicted molar refractivity (Wildman–Crippen MR) is 142 cm³/mol. The molecule has 3 aromatic carbocycles. The summed E-state index contributed by atoms with van der Waals surface area (Å²) in [6, 6.07) is 19.8. The molecule has 1 N–H and O–H groups in total. The number of aliphatic hydroxyl groups excluding tert-OH is 1. The second kappa shape index (κ2) is 10.5. The van der Waals surface area contributed by atoms with Gasteiger partial charge in [-0.1, -0.05) is 42.5 Å². The van der Waals surface area contributed by atoms with Crippen LogP contribution in [0.1, 0.15) is 53.6 Å². The van der Waals surface area contributed by atoms with Crippen molar-refractivity contribution in [3.8, 4) is 11.5 Å². The number of ether oxygens (including phenoxy) is 2. The molecule has 0 aromatic heterocycles. The molecule has 2 aliphatic rings. The molecule has 1 aliphatic carbocycles. The van der Waals surface area contributed by atoms with Crippen LogP contribution < -0.4 is 9.47 Å². The molecule has 1 unspecified atom stereocenters. The van der Waals surface area contributed by atoms with E-state index in [1.54, 1.807) is 7.11 Å². The molecule has 0 radical (unpaired) electrons. The molecule has 3 aromatic rings. The molecular weight excluding hydrogens is 466 g/mol. The van der Waals surface area contributed by atoms with Gasteiger partial charge in [0, 0.05) is 11.1 Å². The van der Waals surface area contributed by atoms with E-state index in [-0.39, 0.29) is 17.9 Å². The number of hydrogen-bond donors (Lipinski definition) is 1. The smallest absolute Gasteiger partial charge is 0.295 e. The highest BCUT2D eigenvalue weighted by atomic mass is 16.5. The maximum atomic E-state index is 13.5. The van der Waals surface area contributed by atoms with Crippen LogP contribution in [-0.2, 0) is 29.0 Å². The van der Waals surface area contributed by atoms with Crippen molar-refractivity contribution < 1.29 is 24.2 Å². The lowest BCUT2D eigenvalue weighted by Crippen LogP contribution is -2.29. The maximum Gasteiger partial charge on any atom is 0.295 e. The van der Waals surface area contributed by atoms with Crippen molar-refractivity contribution in [2.24, 2.45) is 0 Å². The highest BCUT2D eigenvalue weighted by Crippen LogP contribution is 2.41. The van der Waals surface area contributed by atoms with Crippen molar-refractivity contribution in [3.05, 3.63) is 100 Å². The molecule has 6 heteroatoms. The number of aryl methyl sites for hydroxylation is 2. The number of carbonyl (C=O) groups excluding carboxylic acids is 2. The molecule has 190 valence electrons. The molecule has 1 saturated heterocycles. The Labute approximate surface area is 217 Å². The van der Waals surface area contributed by atoms with Gasteiger partial charge in [0.05, 0.1) is 31.9 Å². The quantitative estimate of drug-likeness (QED) is 0.261. The number of ketones is 1. The van der Waals surface area contributed by atoms with Crippen molar-refractivity contribution in [1.29, 1.82) is 0 Å². The first kappa shape index (κ1) is 24.6. The van der Waals surface area contributed by atoms with Crippen LogP contribution in [0.4, 0.5) is 0 Å². The molecule has 1 heterocycles. The van der Waals surface area contributed by atoms with E-state index >= 15 is 0 Å². The first-order valence-electron chi connectivity index (χ1n) is 12.8. The normalized spacial score (nSPS) is 18.5. The third-order valence-corrected chi connectivity index (χ3v) is 7.20. The van der Waals surface area contributed by atoms with Gasteiger partial charge in [0.25, 0.3) is 11.7 Å². The van der Waals surface area contributed by atoms with Gasteiger partial charge < -0.3 is 19.5 Å². The summed E-state index contributed by atoms with van der Waals surface area (Å²) in [4.78, 5) is 28.4. The standard InChI is InChI=1S/C31H31NO5/c1-3-37-25-16-14-21(15-17-25)28-27(29(33)23-13-12-20-8-4-5-9-22(20)18-23)30(34)31(35)32(28)19-24-10-6-7-11-26(24)36-2/h6-7,10-18,28,33H,3-5,8-9,19H2,1-2H3/b29-27-. The van der Waals surface area contributed by atoms with E-state index in [9.17, 15) is 14.7 Å². The highest BCUT2D eigenvalue weighted by molar-refractivity contribution is 6.46. The van der Waals surface area contributed by atoms with Gasteiger partial charge in [0.1, 0.15) is 17.3 Å². The second-order valence-corrected chi connectivity index (χ2v) is 9.43. The third kappa shape index (κ3) is 4.71. The number of carbonyl (C=O) groups is 2. The van der Waals surface area contributed by atoms with Crippen LogP contribution in [0.25, 0.3) is 5.76 Å². The van der Waals surface area contributed by atoms with Crippen molar-refractivity contribution in [1.82, 2.24) is 4.90 Å². The molecule has 37 heavy (non-hydrogen) atoms. The Hall–Kier alpha value is -4.06. The number of methoxy groups -OCH3 is 1. The summed E-state index contributed by atoms with van der Waals surface area (Å²) in [6.07, 6.45) is 4.23. The number of para-hydroxylation sites is 1. The molecule has 1 amide bonds. The Bertz CT molecular complexity index is 1360. The van der Waals surface area contributed by atoms with E-state index in [2.05, 4.69) is 0 Å². The van der Waals surface area contributed by atoms with E-state index in [4.69, 9.17) is 9.47 Å². The van der Waals surface area contributed by atoms with Crippen LogP contribution in [0.15, 0.2) is 72.3 Å². The van der Waals surface area contributed by atoms with Gasteiger partial charge in [-0.15, -0.1) is 0 Å². The first-order chi connectivity index (χ1) is 18.0. The third-order valence-electron chi connectivity index (χ3n) is 7.20. The Balaban J connectivity index is 1.62. The minimum atomic E-state index is -0.753. The largest absolute Gasteiger partial charge is 0.507 e. The molecular formula is C31H31NO5. The zero-order valence-electron chi connectivity index (χ0n) is 21.2. The van der Waals surface area contributed by atoms with Gasteiger partial charge in [-0.2, -0.15) is 0 Å². The molecule has 0 saturated carbocycles. The van der Waals surface area contributed by atoms with Crippen LogP contribution in [0.5, 0.6) is 11.5 Å². The lowest BCUT2D eigenvalue weighted by Gasteiger charge is -2.26. The SMILES string of the molecule is CCOc1ccc(C2/C(=C(/O)c3ccc4c(c3)CCCC4)C(=O)C(=O)N2Cc2ccccc2OC)cc1. The van der Waals surface area contributed by atoms with Crippen LogP contribution in [-0.4, -0.2) is 35.4 Å². The number of benzene rings is 3. The van der Waals surface area contributed by atoms with Gasteiger partial charge in [-0.25, -0.2) is 0 Å². The predicted octanol–water partition coefficient (Wildman–Crippen LogP) is 5.59. The lowest BCUT2D eigenvalue weighted by atomic mass is 9.88. The molecule has 1 atom stereocenters. The minimum absolute atomic E-state index is 0.0971. The molecule has 5 rings (SSSR count). The summed E-state index contributed by atoms with van der Waals surface area (Å²) in [5.41, 5.74) is 4.62. The first-order valence-corrected chi connectivity index (χ1v) is 12.8. The monoisotopic (exact) mass is 497 g/mol. The van der Waals surface area contributed by atoms with E-state index < -0.39 is 17.7 Å². The summed E-state index contributed by atoms with van der Waals surface area (Å²) in [7, 11) is 1.58. The van der Waals surface area contributed by atoms with Crippen LogP contribution in [0, 0.1) is 0 Å². The summed E-state index contributed by atoms with van der Waals surface area (Å²) in [6.45, 7) is 2.60. The summed E-state index contributed by atoms with van der Waals surface area (Å²) in [5, 5.41) is 11.5. The number of Topliss-reactive ketones (excluding diaryl/α,β-unsaturated/α-hetero) is 1. The Morgan fingerprint density at radius 1 is 0.973 bits per heavy atom. The molecule has 0 spiro atoms. The number of fused-ring (bicyclic) bond motifs is 1. The minimum Gasteiger partial charge on any atom is -0.507 e. The van der Waals surface area contributed by atoms with Gasteiger partial charge >= 0.3 is 0 Å². The van der Waals surface area contributed by atoms with E-state index in [0.717, 1.165) is 36.8 Å². The molecule has 1 fully saturated rings. The van der Waals surface area contributed by atoms with Crippen LogP contribution in [0.2, 0.25) is 0 Å². The van der Waals surface area contributed by atoms with E-state index in [1.165, 1.54) is 16.0 Å². The fourth-order valence-corrected chi connectivity index (χ4v) is 5.36. The second-order valence-electron chi connectivity index (χ2n) is 9.43. The van der Waals surface area contributed by atoms with Crippen molar-refractivity contribution in [2.45, 2.75) is 45.2 Å². The summed E-state index contributed by atoms with van der Waals surface area (Å²) >= 11 is 0. The number of rotatable bonds is 7. The summed E-state index contributed by atoms with van der Waals surface area (Å²) in [5.74, 6) is -0.159. The number of amides is 1.